The highest BCUT2D eigenvalue weighted by Gasteiger charge is 2.16. The van der Waals surface area contributed by atoms with Gasteiger partial charge in [-0.3, -0.25) is 0 Å². The summed E-state index contributed by atoms with van der Waals surface area (Å²) in [4.78, 5) is 4.55. The molecule has 1 heterocycles. The van der Waals surface area contributed by atoms with E-state index in [1.807, 2.05) is 39.0 Å². The number of benzene rings is 1. The van der Waals surface area contributed by atoms with Gasteiger partial charge in [0, 0.05) is 6.54 Å². The predicted octanol–water partition coefficient (Wildman–Crippen LogP) is 4.41. The van der Waals surface area contributed by atoms with Crippen molar-refractivity contribution in [2.75, 3.05) is 6.61 Å². The maximum absolute atomic E-state index is 6.21. The van der Waals surface area contributed by atoms with Crippen LogP contribution in [0, 0.1) is 0 Å². The van der Waals surface area contributed by atoms with Crippen molar-refractivity contribution in [2.24, 2.45) is 0 Å². The van der Waals surface area contributed by atoms with Crippen molar-refractivity contribution in [1.82, 2.24) is 9.55 Å². The quantitative estimate of drug-likeness (QED) is 0.765. The molecule has 0 aliphatic heterocycles. The molecule has 0 saturated heterocycles. The van der Waals surface area contributed by atoms with Crippen LogP contribution in [0.4, 0.5) is 0 Å². The number of rotatable bonds is 5. The number of aromatic nitrogens is 2. The minimum Gasteiger partial charge on any atom is -0.377 e. The summed E-state index contributed by atoms with van der Waals surface area (Å²) in [5.74, 6) is 0.831. The summed E-state index contributed by atoms with van der Waals surface area (Å²) in [5, 5.41) is 0.488. The van der Waals surface area contributed by atoms with Crippen molar-refractivity contribution in [3.8, 4) is 0 Å². The summed E-state index contributed by atoms with van der Waals surface area (Å²) in [7, 11) is 0. The standard InChI is InChI=1S/C14H18Cl2N2O/c1-9(2)19-8-7-18-12-6-4-5-11(16)13(12)17-14(18)10(3)15/h4-6,9-10H,7-8H2,1-3H3. The van der Waals surface area contributed by atoms with Gasteiger partial charge >= 0.3 is 0 Å². The second-order valence-electron chi connectivity index (χ2n) is 4.76. The summed E-state index contributed by atoms with van der Waals surface area (Å²) in [6, 6.07) is 5.77. The van der Waals surface area contributed by atoms with Gasteiger partial charge in [-0.05, 0) is 32.9 Å². The molecule has 2 aromatic rings. The third kappa shape index (κ3) is 3.22. The highest BCUT2D eigenvalue weighted by atomic mass is 35.5. The lowest BCUT2D eigenvalue weighted by atomic mass is 10.3. The highest BCUT2D eigenvalue weighted by Crippen LogP contribution is 2.28. The molecule has 0 amide bonds. The summed E-state index contributed by atoms with van der Waals surface area (Å²) in [6.45, 7) is 7.31. The number of halogens is 2. The van der Waals surface area contributed by atoms with Crippen LogP contribution in [0.15, 0.2) is 18.2 Å². The van der Waals surface area contributed by atoms with E-state index in [9.17, 15) is 0 Å². The number of imidazole rings is 1. The normalized spacial score (nSPS) is 13.4. The topological polar surface area (TPSA) is 27.1 Å². The number of hydrogen-bond donors (Lipinski definition) is 0. The van der Waals surface area contributed by atoms with Gasteiger partial charge in [0.15, 0.2) is 0 Å². The van der Waals surface area contributed by atoms with E-state index < -0.39 is 0 Å². The summed E-state index contributed by atoms with van der Waals surface area (Å²) >= 11 is 12.4. The smallest absolute Gasteiger partial charge is 0.127 e. The SMILES string of the molecule is CC(C)OCCn1c(C(C)Cl)nc2c(Cl)cccc21. The van der Waals surface area contributed by atoms with E-state index in [4.69, 9.17) is 27.9 Å². The molecule has 5 heteroatoms. The molecule has 0 bridgehead atoms. The average molecular weight is 301 g/mol. The first-order chi connectivity index (χ1) is 9.00. The van der Waals surface area contributed by atoms with E-state index in [1.54, 1.807) is 0 Å². The first kappa shape index (κ1) is 14.6. The van der Waals surface area contributed by atoms with Crippen LogP contribution in [0.3, 0.4) is 0 Å². The van der Waals surface area contributed by atoms with E-state index >= 15 is 0 Å². The molecule has 1 aromatic heterocycles. The number of ether oxygens (including phenoxy) is 1. The van der Waals surface area contributed by atoms with E-state index in [1.165, 1.54) is 0 Å². The zero-order valence-corrected chi connectivity index (χ0v) is 12.9. The Balaban J connectivity index is 2.38. The molecular formula is C14H18Cl2N2O. The van der Waals surface area contributed by atoms with Crippen LogP contribution in [0.5, 0.6) is 0 Å². The third-order valence-electron chi connectivity index (χ3n) is 2.88. The van der Waals surface area contributed by atoms with Gasteiger partial charge in [-0.1, -0.05) is 17.7 Å². The van der Waals surface area contributed by atoms with Crippen molar-refractivity contribution in [2.45, 2.75) is 38.8 Å². The number of para-hydroxylation sites is 1. The summed E-state index contributed by atoms with van der Waals surface area (Å²) in [6.07, 6.45) is 0.218. The fraction of sp³-hybridized carbons (Fsp3) is 0.500. The Morgan fingerprint density at radius 2 is 2.05 bits per heavy atom. The summed E-state index contributed by atoms with van der Waals surface area (Å²) < 4.78 is 7.69. The van der Waals surface area contributed by atoms with Gasteiger partial charge in [0.2, 0.25) is 0 Å². The number of hydrogen-bond acceptors (Lipinski definition) is 2. The molecule has 1 atom stereocenters. The zero-order chi connectivity index (χ0) is 14.0. The molecule has 0 radical (unpaired) electrons. The minimum atomic E-state index is -0.164. The molecule has 0 aliphatic carbocycles. The molecule has 104 valence electrons. The fourth-order valence-corrected chi connectivity index (χ4v) is 2.43. The lowest BCUT2D eigenvalue weighted by Crippen LogP contribution is -2.12. The molecule has 19 heavy (non-hydrogen) atoms. The Bertz CT molecular complexity index is 564. The first-order valence-electron chi connectivity index (χ1n) is 6.41. The Morgan fingerprint density at radius 1 is 1.32 bits per heavy atom. The van der Waals surface area contributed by atoms with Gasteiger partial charge in [-0.2, -0.15) is 0 Å². The molecule has 0 saturated carbocycles. The molecule has 0 spiro atoms. The van der Waals surface area contributed by atoms with Crippen molar-refractivity contribution in [3.63, 3.8) is 0 Å². The van der Waals surface area contributed by atoms with Crippen molar-refractivity contribution in [3.05, 3.63) is 29.0 Å². The fourth-order valence-electron chi connectivity index (χ4n) is 2.05. The molecular weight excluding hydrogens is 283 g/mol. The van der Waals surface area contributed by atoms with Gasteiger partial charge in [0.25, 0.3) is 0 Å². The number of alkyl halides is 1. The molecule has 3 nitrogen and oxygen atoms in total. The first-order valence-corrected chi connectivity index (χ1v) is 7.22. The van der Waals surface area contributed by atoms with Crippen molar-refractivity contribution >= 4 is 34.2 Å². The average Bonchev–Trinajstić information content (AvgIpc) is 2.70. The van der Waals surface area contributed by atoms with Crippen LogP contribution >= 0.6 is 23.2 Å². The molecule has 0 fully saturated rings. The Kier molecular flexibility index (Phi) is 4.71. The largest absolute Gasteiger partial charge is 0.377 e. The Labute approximate surface area is 123 Å². The van der Waals surface area contributed by atoms with Gasteiger partial charge in [0.1, 0.15) is 11.3 Å². The Morgan fingerprint density at radius 3 is 2.68 bits per heavy atom. The van der Waals surface area contributed by atoms with Crippen LogP contribution in [0.1, 0.15) is 32.0 Å². The highest BCUT2D eigenvalue weighted by molar-refractivity contribution is 6.35. The predicted molar refractivity (Wildman–Crippen MR) is 80.1 cm³/mol. The van der Waals surface area contributed by atoms with Crippen LogP contribution in [-0.2, 0) is 11.3 Å². The summed E-state index contributed by atoms with van der Waals surface area (Å²) in [5.41, 5.74) is 1.80. The Hall–Kier alpha value is -0.770. The van der Waals surface area contributed by atoms with Crippen LogP contribution in [0.2, 0.25) is 5.02 Å². The lowest BCUT2D eigenvalue weighted by molar-refractivity contribution is 0.0729. The number of fused-ring (bicyclic) bond motifs is 1. The van der Waals surface area contributed by atoms with E-state index in [0.29, 0.717) is 11.6 Å². The molecule has 1 aromatic carbocycles. The molecule has 1 unspecified atom stereocenters. The van der Waals surface area contributed by atoms with E-state index in [2.05, 4.69) is 9.55 Å². The van der Waals surface area contributed by atoms with Gasteiger partial charge in [0.05, 0.1) is 28.6 Å². The second kappa shape index (κ2) is 6.12. The monoisotopic (exact) mass is 300 g/mol. The second-order valence-corrected chi connectivity index (χ2v) is 5.83. The lowest BCUT2D eigenvalue weighted by Gasteiger charge is -2.12. The van der Waals surface area contributed by atoms with Crippen molar-refractivity contribution in [1.29, 1.82) is 0 Å². The maximum Gasteiger partial charge on any atom is 0.127 e. The van der Waals surface area contributed by atoms with Crippen LogP contribution < -0.4 is 0 Å². The van der Waals surface area contributed by atoms with Gasteiger partial charge < -0.3 is 9.30 Å². The zero-order valence-electron chi connectivity index (χ0n) is 11.4. The minimum absolute atomic E-state index is 0.164. The molecule has 0 N–H and O–H groups in total. The molecule has 0 aliphatic rings. The maximum atomic E-state index is 6.21. The van der Waals surface area contributed by atoms with Crippen LogP contribution in [-0.4, -0.2) is 22.3 Å². The van der Waals surface area contributed by atoms with E-state index in [0.717, 1.165) is 23.4 Å². The van der Waals surface area contributed by atoms with Gasteiger partial charge in [-0.15, -0.1) is 11.6 Å². The third-order valence-corrected chi connectivity index (χ3v) is 3.38. The van der Waals surface area contributed by atoms with Gasteiger partial charge in [-0.25, -0.2) is 4.98 Å². The van der Waals surface area contributed by atoms with Crippen molar-refractivity contribution < 1.29 is 4.74 Å². The van der Waals surface area contributed by atoms with Crippen LogP contribution in [0.25, 0.3) is 11.0 Å². The van der Waals surface area contributed by atoms with E-state index in [-0.39, 0.29) is 11.5 Å². The number of nitrogens with zero attached hydrogens (tertiary/aromatic N) is 2. The molecule has 2 rings (SSSR count).